The van der Waals surface area contributed by atoms with E-state index >= 15 is 0 Å². The second-order valence-electron chi connectivity index (χ2n) is 7.96. The lowest BCUT2D eigenvalue weighted by Crippen LogP contribution is -2.43. The van der Waals surface area contributed by atoms with E-state index in [0.717, 1.165) is 48.6 Å². The lowest BCUT2D eigenvalue weighted by molar-refractivity contribution is -0.127. The highest BCUT2D eigenvalue weighted by Gasteiger charge is 2.28. The van der Waals surface area contributed by atoms with E-state index in [4.69, 9.17) is 11.6 Å². The minimum atomic E-state index is -0.133. The second kappa shape index (κ2) is 9.92. The molecular formula is C26H27ClN2O. The molecule has 1 aliphatic rings. The fraction of sp³-hybridized carbons (Fsp3) is 0.269. The predicted octanol–water partition coefficient (Wildman–Crippen LogP) is 5.46. The zero-order chi connectivity index (χ0) is 20.8. The molecule has 3 aromatic rings. The van der Waals surface area contributed by atoms with Crippen molar-refractivity contribution < 1.29 is 4.79 Å². The van der Waals surface area contributed by atoms with E-state index in [-0.39, 0.29) is 17.9 Å². The maximum absolute atomic E-state index is 13.2. The van der Waals surface area contributed by atoms with Crippen molar-refractivity contribution in [2.75, 3.05) is 13.1 Å². The summed E-state index contributed by atoms with van der Waals surface area (Å²) in [5, 5.41) is 4.08. The summed E-state index contributed by atoms with van der Waals surface area (Å²) < 4.78 is 0. The van der Waals surface area contributed by atoms with Gasteiger partial charge in [0.15, 0.2) is 0 Å². The van der Waals surface area contributed by atoms with E-state index in [1.54, 1.807) is 0 Å². The number of rotatable bonds is 6. The van der Waals surface area contributed by atoms with Crippen molar-refractivity contribution in [1.29, 1.82) is 0 Å². The molecule has 0 spiro atoms. The van der Waals surface area contributed by atoms with Gasteiger partial charge in [0.2, 0.25) is 5.91 Å². The highest BCUT2D eigenvalue weighted by molar-refractivity contribution is 6.30. The van der Waals surface area contributed by atoms with Crippen molar-refractivity contribution in [3.05, 3.63) is 107 Å². The number of likely N-dealkylation sites (tertiary alicyclic amines) is 1. The van der Waals surface area contributed by atoms with E-state index in [9.17, 15) is 4.79 Å². The lowest BCUT2D eigenvalue weighted by Gasteiger charge is -2.33. The minimum absolute atomic E-state index is 0.000902. The quantitative estimate of drug-likeness (QED) is 0.576. The van der Waals surface area contributed by atoms with E-state index in [1.165, 1.54) is 5.56 Å². The normalized spacial score (nSPS) is 17.1. The molecule has 1 aliphatic heterocycles. The number of halogens is 1. The highest BCUT2D eigenvalue weighted by atomic mass is 35.5. The summed E-state index contributed by atoms with van der Waals surface area (Å²) in [5.74, 6) is 0.134. The molecule has 3 nitrogen and oxygen atoms in total. The number of hydrogen-bond acceptors (Lipinski definition) is 2. The van der Waals surface area contributed by atoms with Gasteiger partial charge in [-0.1, -0.05) is 84.4 Å². The third kappa shape index (κ3) is 5.29. The molecule has 1 atom stereocenters. The van der Waals surface area contributed by atoms with Crippen LogP contribution in [0.3, 0.4) is 0 Å². The van der Waals surface area contributed by atoms with Gasteiger partial charge in [0, 0.05) is 18.1 Å². The lowest BCUT2D eigenvalue weighted by atomic mass is 9.94. The summed E-state index contributed by atoms with van der Waals surface area (Å²) in [7, 11) is 0. The fourth-order valence-corrected chi connectivity index (χ4v) is 4.30. The molecule has 4 rings (SSSR count). The Morgan fingerprint density at radius 3 is 2.13 bits per heavy atom. The first-order chi connectivity index (χ1) is 14.7. The smallest absolute Gasteiger partial charge is 0.225 e. The fourth-order valence-electron chi connectivity index (χ4n) is 4.17. The van der Waals surface area contributed by atoms with Crippen LogP contribution in [0.25, 0.3) is 0 Å². The van der Waals surface area contributed by atoms with Gasteiger partial charge in [-0.3, -0.25) is 9.69 Å². The topological polar surface area (TPSA) is 32.3 Å². The van der Waals surface area contributed by atoms with Crippen molar-refractivity contribution >= 4 is 17.5 Å². The van der Waals surface area contributed by atoms with Crippen LogP contribution in [0.15, 0.2) is 84.9 Å². The van der Waals surface area contributed by atoms with Gasteiger partial charge < -0.3 is 5.32 Å². The molecular weight excluding hydrogens is 392 g/mol. The molecule has 0 aromatic heterocycles. The molecule has 0 aliphatic carbocycles. The summed E-state index contributed by atoms with van der Waals surface area (Å²) in [6, 6.07) is 28.2. The Bertz CT molecular complexity index is 904. The van der Waals surface area contributed by atoms with Gasteiger partial charge in [0.1, 0.15) is 0 Å². The Kier molecular flexibility index (Phi) is 6.83. The number of carbonyl (C=O) groups is 1. The van der Waals surface area contributed by atoms with Crippen LogP contribution < -0.4 is 5.32 Å². The summed E-state index contributed by atoms with van der Waals surface area (Å²) >= 11 is 6.00. The van der Waals surface area contributed by atoms with Crippen molar-refractivity contribution in [3.63, 3.8) is 0 Å². The summed E-state index contributed by atoms with van der Waals surface area (Å²) in [4.78, 5) is 15.6. The molecule has 4 heteroatoms. The van der Waals surface area contributed by atoms with Crippen LogP contribution in [0, 0.1) is 5.92 Å². The molecule has 1 N–H and O–H groups in total. The maximum Gasteiger partial charge on any atom is 0.225 e. The monoisotopic (exact) mass is 418 g/mol. The average molecular weight is 419 g/mol. The number of hydrogen-bond donors (Lipinski definition) is 1. The summed E-state index contributed by atoms with van der Waals surface area (Å²) in [5.41, 5.74) is 3.43. The first-order valence-electron chi connectivity index (χ1n) is 10.6. The zero-order valence-corrected chi connectivity index (χ0v) is 17.8. The van der Waals surface area contributed by atoms with Crippen LogP contribution >= 0.6 is 11.6 Å². The molecule has 0 bridgehead atoms. The molecule has 154 valence electrons. The molecule has 1 saturated heterocycles. The molecule has 30 heavy (non-hydrogen) atoms. The van der Waals surface area contributed by atoms with Crippen molar-refractivity contribution in [2.45, 2.75) is 25.4 Å². The van der Waals surface area contributed by atoms with Crippen molar-refractivity contribution in [2.24, 2.45) is 5.92 Å². The van der Waals surface area contributed by atoms with Gasteiger partial charge in [-0.15, -0.1) is 0 Å². The largest absolute Gasteiger partial charge is 0.345 e. The van der Waals surface area contributed by atoms with E-state index < -0.39 is 0 Å². The van der Waals surface area contributed by atoms with Gasteiger partial charge in [0.25, 0.3) is 0 Å². The van der Waals surface area contributed by atoms with Crippen LogP contribution in [-0.4, -0.2) is 23.9 Å². The number of amides is 1. The number of benzene rings is 3. The molecule has 1 fully saturated rings. The van der Waals surface area contributed by atoms with Crippen LogP contribution in [-0.2, 0) is 11.3 Å². The van der Waals surface area contributed by atoms with Gasteiger partial charge in [-0.2, -0.15) is 0 Å². The maximum atomic E-state index is 13.2. The van der Waals surface area contributed by atoms with E-state index in [1.807, 2.05) is 48.5 Å². The standard InChI is InChI=1S/C26H27ClN2O/c27-24-15-13-20(14-16-24)18-29-17-7-12-23(19-29)26(30)28-25(21-8-3-1-4-9-21)22-10-5-2-6-11-22/h1-6,8-11,13-16,23,25H,7,12,17-19H2,(H,28,30)/t23-/m1/s1. The van der Waals surface area contributed by atoms with Gasteiger partial charge in [-0.25, -0.2) is 0 Å². The van der Waals surface area contributed by atoms with Crippen molar-refractivity contribution in [1.82, 2.24) is 10.2 Å². The Balaban J connectivity index is 1.45. The molecule has 3 aromatic carbocycles. The first kappa shape index (κ1) is 20.6. The van der Waals surface area contributed by atoms with Crippen LogP contribution in [0.4, 0.5) is 0 Å². The Hall–Kier alpha value is -2.62. The highest BCUT2D eigenvalue weighted by Crippen LogP contribution is 2.25. The number of carbonyl (C=O) groups excluding carboxylic acids is 1. The Morgan fingerprint density at radius 2 is 1.53 bits per heavy atom. The van der Waals surface area contributed by atoms with E-state index in [2.05, 4.69) is 46.6 Å². The third-order valence-corrected chi connectivity index (χ3v) is 6.00. The summed E-state index contributed by atoms with van der Waals surface area (Å²) in [6.07, 6.45) is 1.96. The zero-order valence-electron chi connectivity index (χ0n) is 17.0. The SMILES string of the molecule is O=C(NC(c1ccccc1)c1ccccc1)[C@@H]1CCCN(Cc2ccc(Cl)cc2)C1. The second-order valence-corrected chi connectivity index (χ2v) is 8.40. The van der Waals surface area contributed by atoms with Crippen LogP contribution in [0.1, 0.15) is 35.6 Å². The van der Waals surface area contributed by atoms with E-state index in [0.29, 0.717) is 0 Å². The minimum Gasteiger partial charge on any atom is -0.345 e. The summed E-state index contributed by atoms with van der Waals surface area (Å²) in [6.45, 7) is 2.65. The number of piperidine rings is 1. The third-order valence-electron chi connectivity index (χ3n) is 5.75. The Morgan fingerprint density at radius 1 is 0.933 bits per heavy atom. The molecule has 0 radical (unpaired) electrons. The average Bonchev–Trinajstić information content (AvgIpc) is 2.80. The Labute approximate surface area is 183 Å². The van der Waals surface area contributed by atoms with Crippen LogP contribution in [0.2, 0.25) is 5.02 Å². The number of nitrogens with zero attached hydrogens (tertiary/aromatic N) is 1. The van der Waals surface area contributed by atoms with Gasteiger partial charge >= 0.3 is 0 Å². The first-order valence-corrected chi connectivity index (χ1v) is 10.9. The van der Waals surface area contributed by atoms with Crippen molar-refractivity contribution in [3.8, 4) is 0 Å². The van der Waals surface area contributed by atoms with Gasteiger partial charge in [0.05, 0.1) is 12.0 Å². The molecule has 1 heterocycles. The number of nitrogens with one attached hydrogen (secondary N) is 1. The molecule has 0 unspecified atom stereocenters. The molecule has 1 amide bonds. The predicted molar refractivity (Wildman–Crippen MR) is 122 cm³/mol. The molecule has 0 saturated carbocycles. The van der Waals surface area contributed by atoms with Gasteiger partial charge in [-0.05, 0) is 48.2 Å². The van der Waals surface area contributed by atoms with Crippen LogP contribution in [0.5, 0.6) is 0 Å².